The van der Waals surface area contributed by atoms with Crippen LogP contribution in [0.15, 0.2) is 64.2 Å². The Kier molecular flexibility index (Phi) is 5.74. The summed E-state index contributed by atoms with van der Waals surface area (Å²) in [6.07, 6.45) is 3.50. The van der Waals surface area contributed by atoms with Gasteiger partial charge in [0.1, 0.15) is 5.76 Å². The molecule has 1 saturated heterocycles. The molecule has 1 aliphatic rings. The van der Waals surface area contributed by atoms with Gasteiger partial charge in [0.05, 0.1) is 41.6 Å². The quantitative estimate of drug-likeness (QED) is 0.417. The van der Waals surface area contributed by atoms with Gasteiger partial charge in [-0.3, -0.25) is 4.90 Å². The summed E-state index contributed by atoms with van der Waals surface area (Å²) >= 11 is 6.37. The van der Waals surface area contributed by atoms with Crippen molar-refractivity contribution in [1.29, 1.82) is 0 Å². The van der Waals surface area contributed by atoms with Crippen molar-refractivity contribution in [3.63, 3.8) is 0 Å². The molecule has 2 aromatic carbocycles. The summed E-state index contributed by atoms with van der Waals surface area (Å²) in [5.41, 5.74) is 0.943. The lowest BCUT2D eigenvalue weighted by Crippen LogP contribution is -2.44. The minimum Gasteiger partial charge on any atom is -0.440 e. The van der Waals surface area contributed by atoms with Gasteiger partial charge in [-0.25, -0.2) is 4.98 Å². The Labute approximate surface area is 196 Å². The van der Waals surface area contributed by atoms with Crippen molar-refractivity contribution in [2.45, 2.75) is 37.5 Å². The fraction of sp³-hybridized carbons (Fsp3) is 0.304. The van der Waals surface area contributed by atoms with Crippen LogP contribution in [0.5, 0.6) is 0 Å². The summed E-state index contributed by atoms with van der Waals surface area (Å²) < 4.78 is 39.1. The highest BCUT2D eigenvalue weighted by Crippen LogP contribution is 2.33. The van der Waals surface area contributed by atoms with E-state index in [-0.39, 0.29) is 17.1 Å². The summed E-state index contributed by atoms with van der Waals surface area (Å²) in [6, 6.07) is 11.4. The van der Waals surface area contributed by atoms with E-state index < -0.39 is 10.0 Å². The maximum atomic E-state index is 13.1. The number of halogens is 1. The Bertz CT molecular complexity index is 1390. The Balaban J connectivity index is 1.50. The standard InChI is InChI=1S/C23H23ClN4O4S/c1-15-12-27(13-16(2)31-15)14-18-10-25-23(32-18)20-8-17(24)9-22-21(20)11-26-28(22)33(29,30)19-6-4-3-5-7-19/h3-11,15-16H,12-14H2,1-2H3/t15-,16-/m1/s1. The normalized spacial score (nSPS) is 19.8. The third-order valence-electron chi connectivity index (χ3n) is 5.55. The molecule has 5 rings (SSSR count). The van der Waals surface area contributed by atoms with Crippen molar-refractivity contribution >= 4 is 32.5 Å². The summed E-state index contributed by atoms with van der Waals surface area (Å²) in [6.45, 7) is 6.34. The second-order valence-corrected chi connectivity index (χ2v) is 10.5. The minimum atomic E-state index is -3.89. The molecule has 0 N–H and O–H groups in total. The van der Waals surface area contributed by atoms with Gasteiger partial charge in [0, 0.05) is 29.1 Å². The predicted octanol–water partition coefficient (Wildman–Crippen LogP) is 4.19. The lowest BCUT2D eigenvalue weighted by molar-refractivity contribution is -0.0718. The van der Waals surface area contributed by atoms with E-state index in [1.165, 1.54) is 18.3 Å². The molecule has 0 unspecified atom stereocenters. The molecule has 172 valence electrons. The van der Waals surface area contributed by atoms with Crippen LogP contribution in [0.25, 0.3) is 22.4 Å². The van der Waals surface area contributed by atoms with Crippen molar-refractivity contribution in [3.05, 3.63) is 65.6 Å². The summed E-state index contributed by atoms with van der Waals surface area (Å²) in [5, 5.41) is 5.11. The topological polar surface area (TPSA) is 90.5 Å². The van der Waals surface area contributed by atoms with Crippen LogP contribution in [0.3, 0.4) is 0 Å². The molecule has 0 bridgehead atoms. The van der Waals surface area contributed by atoms with Crippen LogP contribution < -0.4 is 0 Å². The molecule has 1 fully saturated rings. The van der Waals surface area contributed by atoms with E-state index in [1.807, 2.05) is 0 Å². The molecule has 4 aromatic rings. The first kappa shape index (κ1) is 22.1. The molecule has 33 heavy (non-hydrogen) atoms. The van der Waals surface area contributed by atoms with Crippen molar-refractivity contribution in [3.8, 4) is 11.5 Å². The maximum absolute atomic E-state index is 13.1. The molecule has 1 aliphatic heterocycles. The molecular weight excluding hydrogens is 464 g/mol. The van der Waals surface area contributed by atoms with Crippen LogP contribution >= 0.6 is 11.6 Å². The fourth-order valence-corrected chi connectivity index (χ4v) is 5.76. The number of ether oxygens (including phenoxy) is 1. The smallest absolute Gasteiger partial charge is 0.283 e. The third-order valence-corrected chi connectivity index (χ3v) is 7.38. The van der Waals surface area contributed by atoms with E-state index in [0.717, 1.165) is 17.2 Å². The van der Waals surface area contributed by atoms with E-state index in [9.17, 15) is 8.42 Å². The van der Waals surface area contributed by atoms with Gasteiger partial charge in [0.2, 0.25) is 5.89 Å². The van der Waals surface area contributed by atoms with Crippen LogP contribution in [-0.4, -0.2) is 52.8 Å². The fourth-order valence-electron chi connectivity index (χ4n) is 4.27. The molecule has 8 nitrogen and oxygen atoms in total. The second-order valence-electron chi connectivity index (χ2n) is 8.27. The molecular formula is C23H23ClN4O4S. The SMILES string of the molecule is C[C@@H]1CN(Cc2cnc(-c3cc(Cl)cc4c3cnn4S(=O)(=O)c3ccccc3)o2)C[C@@H](C)O1. The Morgan fingerprint density at radius 2 is 1.82 bits per heavy atom. The van der Waals surface area contributed by atoms with Crippen molar-refractivity contribution in [2.24, 2.45) is 0 Å². The van der Waals surface area contributed by atoms with Crippen LogP contribution in [0.2, 0.25) is 5.02 Å². The number of oxazole rings is 1. The van der Waals surface area contributed by atoms with Gasteiger partial charge in [-0.15, -0.1) is 0 Å². The minimum absolute atomic E-state index is 0.143. The number of morpholine rings is 1. The van der Waals surface area contributed by atoms with E-state index in [0.29, 0.717) is 39.7 Å². The molecule has 0 radical (unpaired) electrons. The molecule has 0 spiro atoms. The number of fused-ring (bicyclic) bond motifs is 1. The number of nitrogens with zero attached hydrogens (tertiary/aromatic N) is 4. The van der Waals surface area contributed by atoms with Gasteiger partial charge in [-0.1, -0.05) is 29.8 Å². The number of hydrogen-bond acceptors (Lipinski definition) is 7. The van der Waals surface area contributed by atoms with Gasteiger partial charge in [-0.05, 0) is 38.1 Å². The highest BCUT2D eigenvalue weighted by Gasteiger charge is 2.25. The van der Waals surface area contributed by atoms with Crippen molar-refractivity contribution < 1.29 is 17.6 Å². The average molecular weight is 487 g/mol. The van der Waals surface area contributed by atoms with E-state index in [1.54, 1.807) is 36.5 Å². The average Bonchev–Trinajstić information content (AvgIpc) is 3.40. The number of hydrogen-bond donors (Lipinski definition) is 0. The van der Waals surface area contributed by atoms with E-state index >= 15 is 0 Å². The molecule has 3 heterocycles. The highest BCUT2D eigenvalue weighted by molar-refractivity contribution is 7.90. The summed E-state index contributed by atoms with van der Waals surface area (Å²) in [4.78, 5) is 6.85. The molecule has 10 heteroatoms. The first-order valence-electron chi connectivity index (χ1n) is 10.6. The predicted molar refractivity (Wildman–Crippen MR) is 125 cm³/mol. The molecule has 2 aromatic heterocycles. The molecule has 2 atom stereocenters. The van der Waals surface area contributed by atoms with Crippen LogP contribution in [0.4, 0.5) is 0 Å². The second kappa shape index (κ2) is 8.57. The van der Waals surface area contributed by atoms with Gasteiger partial charge in [-0.2, -0.15) is 17.6 Å². The van der Waals surface area contributed by atoms with Crippen molar-refractivity contribution in [1.82, 2.24) is 19.1 Å². The number of rotatable bonds is 5. The first-order valence-corrected chi connectivity index (χ1v) is 12.4. The molecule has 0 aliphatic carbocycles. The van der Waals surface area contributed by atoms with Gasteiger partial charge < -0.3 is 9.15 Å². The van der Waals surface area contributed by atoms with Crippen LogP contribution in [0, 0.1) is 0 Å². The molecule has 0 amide bonds. The third kappa shape index (κ3) is 4.29. The zero-order chi connectivity index (χ0) is 23.2. The van der Waals surface area contributed by atoms with Crippen LogP contribution in [0.1, 0.15) is 19.6 Å². The Hall–Kier alpha value is -2.72. The lowest BCUT2D eigenvalue weighted by Gasteiger charge is -2.34. The van der Waals surface area contributed by atoms with Crippen molar-refractivity contribution in [2.75, 3.05) is 13.1 Å². The number of benzene rings is 2. The van der Waals surface area contributed by atoms with E-state index in [2.05, 4.69) is 28.8 Å². The van der Waals surface area contributed by atoms with Gasteiger partial charge in [0.25, 0.3) is 10.0 Å². The maximum Gasteiger partial charge on any atom is 0.283 e. The number of aromatic nitrogens is 3. The largest absolute Gasteiger partial charge is 0.440 e. The Morgan fingerprint density at radius 3 is 2.55 bits per heavy atom. The van der Waals surface area contributed by atoms with E-state index in [4.69, 9.17) is 20.8 Å². The molecule has 0 saturated carbocycles. The monoisotopic (exact) mass is 486 g/mol. The zero-order valence-corrected chi connectivity index (χ0v) is 19.8. The Morgan fingerprint density at radius 1 is 1.09 bits per heavy atom. The highest BCUT2D eigenvalue weighted by atomic mass is 35.5. The van der Waals surface area contributed by atoms with Crippen LogP contribution in [-0.2, 0) is 21.3 Å². The first-order chi connectivity index (χ1) is 15.8. The van der Waals surface area contributed by atoms with Gasteiger partial charge >= 0.3 is 0 Å². The lowest BCUT2D eigenvalue weighted by atomic mass is 10.1. The summed E-state index contributed by atoms with van der Waals surface area (Å²) in [7, 11) is -3.89. The summed E-state index contributed by atoms with van der Waals surface area (Å²) in [5.74, 6) is 1.08. The zero-order valence-electron chi connectivity index (χ0n) is 18.2. The van der Waals surface area contributed by atoms with Gasteiger partial charge in [0.15, 0.2) is 0 Å².